The van der Waals surface area contributed by atoms with Gasteiger partial charge in [0, 0.05) is 24.3 Å². The Morgan fingerprint density at radius 3 is 2.80 bits per heavy atom. The van der Waals surface area contributed by atoms with E-state index in [-0.39, 0.29) is 0 Å². The lowest BCUT2D eigenvalue weighted by Crippen LogP contribution is -2.35. The molecule has 0 amide bonds. The monoisotopic (exact) mass is 205 g/mol. The Kier molecular flexibility index (Phi) is 2.85. The number of ether oxygens (including phenoxy) is 1. The summed E-state index contributed by atoms with van der Waals surface area (Å²) in [6, 6.07) is 6.98. The molecule has 1 aromatic carbocycles. The number of hydrogen-bond acceptors (Lipinski definition) is 2. The molecule has 0 atom stereocenters. The third-order valence-corrected chi connectivity index (χ3v) is 3.07. The largest absolute Gasteiger partial charge is 0.497 e. The van der Waals surface area contributed by atoms with Gasteiger partial charge in [-0.2, -0.15) is 0 Å². The molecular formula is C13H19NO. The van der Waals surface area contributed by atoms with Crippen LogP contribution in [-0.4, -0.2) is 19.7 Å². The Bertz CT molecular complexity index is 346. The number of fused-ring (bicyclic) bond motifs is 1. The predicted molar refractivity (Wildman–Crippen MR) is 63.8 cm³/mol. The SMILES string of the molecule is COc1ccc2c(c1)N(C(C)C)CCC2. The van der Waals surface area contributed by atoms with Gasteiger partial charge in [0.05, 0.1) is 7.11 Å². The van der Waals surface area contributed by atoms with Crippen molar-refractivity contribution < 1.29 is 4.74 Å². The second kappa shape index (κ2) is 4.13. The average molecular weight is 205 g/mol. The normalized spacial score (nSPS) is 15.3. The van der Waals surface area contributed by atoms with Gasteiger partial charge in [-0.25, -0.2) is 0 Å². The number of anilines is 1. The summed E-state index contributed by atoms with van der Waals surface area (Å²) in [6.45, 7) is 5.65. The number of methoxy groups -OCH3 is 1. The maximum absolute atomic E-state index is 5.28. The minimum absolute atomic E-state index is 0.566. The van der Waals surface area contributed by atoms with Crippen molar-refractivity contribution in [2.24, 2.45) is 0 Å². The molecule has 1 aromatic rings. The first-order chi connectivity index (χ1) is 7.22. The highest BCUT2D eigenvalue weighted by Crippen LogP contribution is 2.31. The summed E-state index contributed by atoms with van der Waals surface area (Å²) >= 11 is 0. The number of nitrogens with zero attached hydrogens (tertiary/aromatic N) is 1. The lowest BCUT2D eigenvalue weighted by Gasteiger charge is -2.34. The third-order valence-electron chi connectivity index (χ3n) is 3.07. The van der Waals surface area contributed by atoms with Crippen molar-refractivity contribution in [1.29, 1.82) is 0 Å². The van der Waals surface area contributed by atoms with Gasteiger partial charge < -0.3 is 9.64 Å². The molecule has 0 N–H and O–H groups in total. The Hall–Kier alpha value is -1.18. The van der Waals surface area contributed by atoms with E-state index in [0.29, 0.717) is 6.04 Å². The first kappa shape index (κ1) is 10.3. The summed E-state index contributed by atoms with van der Waals surface area (Å²) in [7, 11) is 1.73. The molecule has 2 heteroatoms. The number of rotatable bonds is 2. The van der Waals surface area contributed by atoms with Gasteiger partial charge in [-0.05, 0) is 38.3 Å². The van der Waals surface area contributed by atoms with E-state index in [4.69, 9.17) is 4.74 Å². The van der Waals surface area contributed by atoms with Crippen molar-refractivity contribution >= 4 is 5.69 Å². The van der Waals surface area contributed by atoms with Crippen LogP contribution in [0.4, 0.5) is 5.69 Å². The highest BCUT2D eigenvalue weighted by atomic mass is 16.5. The van der Waals surface area contributed by atoms with Crippen LogP contribution in [0, 0.1) is 0 Å². The number of aryl methyl sites for hydroxylation is 1. The van der Waals surface area contributed by atoms with Crippen LogP contribution >= 0.6 is 0 Å². The molecule has 1 aliphatic rings. The highest BCUT2D eigenvalue weighted by Gasteiger charge is 2.19. The van der Waals surface area contributed by atoms with Crippen molar-refractivity contribution in [1.82, 2.24) is 0 Å². The van der Waals surface area contributed by atoms with Gasteiger partial charge in [-0.3, -0.25) is 0 Å². The van der Waals surface area contributed by atoms with Crippen LogP contribution in [-0.2, 0) is 6.42 Å². The molecular weight excluding hydrogens is 186 g/mol. The standard InChI is InChI=1S/C13H19NO/c1-10(2)14-8-4-5-11-6-7-12(15-3)9-13(11)14/h6-7,9-10H,4-5,8H2,1-3H3. The summed E-state index contributed by atoms with van der Waals surface area (Å²) < 4.78 is 5.28. The lowest BCUT2D eigenvalue weighted by molar-refractivity contribution is 0.414. The maximum Gasteiger partial charge on any atom is 0.120 e. The molecule has 0 fully saturated rings. The van der Waals surface area contributed by atoms with Crippen molar-refractivity contribution in [2.75, 3.05) is 18.6 Å². The molecule has 2 rings (SSSR count). The average Bonchev–Trinajstić information content (AvgIpc) is 2.27. The summed E-state index contributed by atoms with van der Waals surface area (Å²) in [5, 5.41) is 0. The van der Waals surface area contributed by atoms with Crippen LogP contribution in [0.15, 0.2) is 18.2 Å². The Morgan fingerprint density at radius 2 is 2.13 bits per heavy atom. The van der Waals surface area contributed by atoms with Gasteiger partial charge in [-0.15, -0.1) is 0 Å². The molecule has 0 radical (unpaired) electrons. The lowest BCUT2D eigenvalue weighted by atomic mass is 10.0. The smallest absolute Gasteiger partial charge is 0.120 e. The molecule has 0 saturated heterocycles. The molecule has 82 valence electrons. The van der Waals surface area contributed by atoms with Crippen LogP contribution in [0.1, 0.15) is 25.8 Å². The number of benzene rings is 1. The molecule has 15 heavy (non-hydrogen) atoms. The molecule has 0 aromatic heterocycles. The molecule has 1 heterocycles. The second-order valence-electron chi connectivity index (χ2n) is 4.39. The first-order valence-electron chi connectivity index (χ1n) is 5.66. The van der Waals surface area contributed by atoms with Crippen LogP contribution in [0.2, 0.25) is 0 Å². The molecule has 2 nitrogen and oxygen atoms in total. The van der Waals surface area contributed by atoms with E-state index < -0.39 is 0 Å². The fraction of sp³-hybridized carbons (Fsp3) is 0.538. The van der Waals surface area contributed by atoms with Crippen molar-refractivity contribution in [2.45, 2.75) is 32.7 Å². The zero-order chi connectivity index (χ0) is 10.8. The quantitative estimate of drug-likeness (QED) is 0.736. The van der Waals surface area contributed by atoms with Crippen molar-refractivity contribution in [3.63, 3.8) is 0 Å². The summed E-state index contributed by atoms with van der Waals surface area (Å²) in [5.41, 5.74) is 2.81. The van der Waals surface area contributed by atoms with Gasteiger partial charge in [0.25, 0.3) is 0 Å². The van der Waals surface area contributed by atoms with Gasteiger partial charge in [0.1, 0.15) is 5.75 Å². The fourth-order valence-electron chi connectivity index (χ4n) is 2.25. The minimum atomic E-state index is 0.566. The minimum Gasteiger partial charge on any atom is -0.497 e. The maximum atomic E-state index is 5.28. The number of hydrogen-bond donors (Lipinski definition) is 0. The van der Waals surface area contributed by atoms with Crippen LogP contribution in [0.5, 0.6) is 5.75 Å². The second-order valence-corrected chi connectivity index (χ2v) is 4.39. The van der Waals surface area contributed by atoms with E-state index in [1.54, 1.807) is 7.11 Å². The topological polar surface area (TPSA) is 12.5 Å². The van der Waals surface area contributed by atoms with Gasteiger partial charge in [-0.1, -0.05) is 6.07 Å². The molecule has 0 spiro atoms. The van der Waals surface area contributed by atoms with Gasteiger partial charge in [0.2, 0.25) is 0 Å². The van der Waals surface area contributed by atoms with E-state index in [1.165, 1.54) is 24.1 Å². The Balaban J connectivity index is 2.39. The summed E-state index contributed by atoms with van der Waals surface area (Å²) in [4.78, 5) is 2.46. The molecule has 1 aliphatic heterocycles. The predicted octanol–water partition coefficient (Wildman–Crippen LogP) is 2.86. The van der Waals surface area contributed by atoms with Gasteiger partial charge >= 0.3 is 0 Å². The first-order valence-corrected chi connectivity index (χ1v) is 5.66. The van der Waals surface area contributed by atoms with Crippen molar-refractivity contribution in [3.05, 3.63) is 23.8 Å². The van der Waals surface area contributed by atoms with E-state index in [0.717, 1.165) is 12.3 Å². The van der Waals surface area contributed by atoms with E-state index in [9.17, 15) is 0 Å². The third kappa shape index (κ3) is 1.94. The zero-order valence-electron chi connectivity index (χ0n) is 9.79. The summed E-state index contributed by atoms with van der Waals surface area (Å²) in [6.07, 6.45) is 2.46. The van der Waals surface area contributed by atoms with E-state index in [1.807, 2.05) is 0 Å². The van der Waals surface area contributed by atoms with Crippen molar-refractivity contribution in [3.8, 4) is 5.75 Å². The van der Waals surface area contributed by atoms with E-state index >= 15 is 0 Å². The van der Waals surface area contributed by atoms with Gasteiger partial charge in [0.15, 0.2) is 0 Å². The van der Waals surface area contributed by atoms with Crippen LogP contribution < -0.4 is 9.64 Å². The molecule has 0 unspecified atom stereocenters. The zero-order valence-corrected chi connectivity index (χ0v) is 9.79. The fourth-order valence-corrected chi connectivity index (χ4v) is 2.25. The van der Waals surface area contributed by atoms with E-state index in [2.05, 4.69) is 36.9 Å². The highest BCUT2D eigenvalue weighted by molar-refractivity contribution is 5.59. The van der Waals surface area contributed by atoms with Crippen LogP contribution in [0.3, 0.4) is 0 Å². The molecule has 0 bridgehead atoms. The summed E-state index contributed by atoms with van der Waals surface area (Å²) in [5.74, 6) is 0.960. The Morgan fingerprint density at radius 1 is 1.33 bits per heavy atom. The molecule has 0 aliphatic carbocycles. The van der Waals surface area contributed by atoms with Crippen LogP contribution in [0.25, 0.3) is 0 Å². The molecule has 0 saturated carbocycles. The Labute approximate surface area is 91.9 Å².